The number of pyridine rings is 1. The van der Waals surface area contributed by atoms with Crippen LogP contribution in [-0.2, 0) is 13.1 Å². The summed E-state index contributed by atoms with van der Waals surface area (Å²) < 4.78 is 0. The summed E-state index contributed by atoms with van der Waals surface area (Å²) in [6, 6.07) is 5.11. The summed E-state index contributed by atoms with van der Waals surface area (Å²) in [6.07, 6.45) is 7.72. The maximum absolute atomic E-state index is 4.32. The van der Waals surface area contributed by atoms with E-state index in [1.54, 1.807) is 11.3 Å². The second-order valence-electron chi connectivity index (χ2n) is 5.67. The Kier molecular flexibility index (Phi) is 4.88. The van der Waals surface area contributed by atoms with Crippen LogP contribution in [0.4, 0.5) is 5.69 Å². The van der Waals surface area contributed by atoms with Crippen LogP contribution in [0.1, 0.15) is 37.3 Å². The lowest BCUT2D eigenvalue weighted by atomic mass is 10.2. The Morgan fingerprint density at radius 1 is 1.38 bits per heavy atom. The van der Waals surface area contributed by atoms with E-state index in [1.165, 1.54) is 29.7 Å². The highest BCUT2D eigenvalue weighted by molar-refractivity contribution is 7.07. The average Bonchev–Trinajstić information content (AvgIpc) is 3.22. The third-order valence-corrected chi connectivity index (χ3v) is 4.58. The lowest BCUT2D eigenvalue weighted by Crippen LogP contribution is -2.27. The predicted octanol–water partition coefficient (Wildman–Crippen LogP) is 3.81. The fourth-order valence-electron chi connectivity index (χ4n) is 2.61. The minimum atomic E-state index is 0.706. The molecule has 2 heterocycles. The molecule has 0 atom stereocenters. The average molecular weight is 301 g/mol. The minimum absolute atomic E-state index is 0.706. The molecule has 1 aliphatic rings. The molecule has 21 heavy (non-hydrogen) atoms. The molecule has 0 aromatic carbocycles. The van der Waals surface area contributed by atoms with Crippen molar-refractivity contribution in [2.45, 2.75) is 45.3 Å². The summed E-state index contributed by atoms with van der Waals surface area (Å²) in [6.45, 7) is 5.18. The Morgan fingerprint density at radius 2 is 2.29 bits per heavy atom. The monoisotopic (exact) mass is 301 g/mol. The number of hydrogen-bond donors (Lipinski definition) is 1. The number of nitrogens with one attached hydrogen (secondary N) is 1. The number of anilines is 1. The third kappa shape index (κ3) is 3.83. The van der Waals surface area contributed by atoms with Crippen molar-refractivity contribution in [1.82, 2.24) is 10.3 Å². The van der Waals surface area contributed by atoms with E-state index in [2.05, 4.69) is 45.0 Å². The van der Waals surface area contributed by atoms with E-state index in [-0.39, 0.29) is 0 Å². The Labute approximate surface area is 131 Å². The van der Waals surface area contributed by atoms with Gasteiger partial charge in [-0.15, -0.1) is 0 Å². The van der Waals surface area contributed by atoms with Gasteiger partial charge in [-0.3, -0.25) is 4.98 Å². The van der Waals surface area contributed by atoms with Crippen LogP contribution in [-0.4, -0.2) is 17.6 Å². The Bertz CT molecular complexity index is 549. The largest absolute Gasteiger partial charge is 0.364 e. The lowest BCUT2D eigenvalue weighted by molar-refractivity contribution is 0.669. The van der Waals surface area contributed by atoms with E-state index in [9.17, 15) is 0 Å². The number of nitrogens with zero attached hydrogens (tertiary/aromatic N) is 2. The van der Waals surface area contributed by atoms with Crippen LogP contribution >= 0.6 is 11.3 Å². The van der Waals surface area contributed by atoms with Gasteiger partial charge < -0.3 is 10.2 Å². The molecular formula is C17H23N3S. The molecule has 1 saturated carbocycles. The first-order valence-corrected chi connectivity index (χ1v) is 8.74. The van der Waals surface area contributed by atoms with Crippen LogP contribution in [0.25, 0.3) is 0 Å². The van der Waals surface area contributed by atoms with E-state index in [0.29, 0.717) is 6.04 Å². The van der Waals surface area contributed by atoms with E-state index >= 15 is 0 Å². The van der Waals surface area contributed by atoms with Crippen molar-refractivity contribution in [3.05, 3.63) is 46.4 Å². The van der Waals surface area contributed by atoms with E-state index in [4.69, 9.17) is 0 Å². The summed E-state index contributed by atoms with van der Waals surface area (Å²) in [5, 5.41) is 7.92. The van der Waals surface area contributed by atoms with E-state index < -0.39 is 0 Å². The van der Waals surface area contributed by atoms with Crippen LogP contribution in [0.5, 0.6) is 0 Å². The van der Waals surface area contributed by atoms with Crippen LogP contribution in [0.2, 0.25) is 0 Å². The molecule has 0 radical (unpaired) electrons. The molecule has 2 aromatic heterocycles. The Hall–Kier alpha value is -1.39. The second kappa shape index (κ2) is 7.05. The van der Waals surface area contributed by atoms with Gasteiger partial charge in [-0.2, -0.15) is 11.3 Å². The highest BCUT2D eigenvalue weighted by atomic mass is 32.1. The number of hydrogen-bond acceptors (Lipinski definition) is 4. The second-order valence-corrected chi connectivity index (χ2v) is 6.45. The molecule has 0 bridgehead atoms. The first-order valence-electron chi connectivity index (χ1n) is 7.80. The summed E-state index contributed by atoms with van der Waals surface area (Å²) in [5.74, 6) is 0. The number of aromatic nitrogens is 1. The standard InChI is InChI=1S/C17H23N3S/c1-2-7-18-10-15-11-19-8-5-17(15)20(16-3-4-16)12-14-6-9-21-13-14/h5-6,8-9,11,13,16,18H,2-4,7,10,12H2,1H3. The number of rotatable bonds is 8. The van der Waals surface area contributed by atoms with E-state index in [0.717, 1.165) is 26.1 Å². The summed E-state index contributed by atoms with van der Waals surface area (Å²) in [5.41, 5.74) is 4.08. The molecule has 0 unspecified atom stereocenters. The van der Waals surface area contributed by atoms with Gasteiger partial charge in [0.15, 0.2) is 0 Å². The Morgan fingerprint density at radius 3 is 3.00 bits per heavy atom. The molecule has 0 amide bonds. The fraction of sp³-hybridized carbons (Fsp3) is 0.471. The van der Waals surface area contributed by atoms with Crippen molar-refractivity contribution in [3.8, 4) is 0 Å². The van der Waals surface area contributed by atoms with Gasteiger partial charge in [0.1, 0.15) is 0 Å². The normalized spacial score (nSPS) is 14.3. The number of thiophene rings is 1. The summed E-state index contributed by atoms with van der Waals surface area (Å²) in [7, 11) is 0. The van der Waals surface area contributed by atoms with Crippen LogP contribution < -0.4 is 10.2 Å². The minimum Gasteiger partial charge on any atom is -0.364 e. The molecule has 112 valence electrons. The molecule has 3 nitrogen and oxygen atoms in total. The van der Waals surface area contributed by atoms with Crippen molar-refractivity contribution in [2.24, 2.45) is 0 Å². The Balaban J connectivity index is 1.78. The van der Waals surface area contributed by atoms with Gasteiger partial charge >= 0.3 is 0 Å². The quantitative estimate of drug-likeness (QED) is 0.751. The van der Waals surface area contributed by atoms with Crippen molar-refractivity contribution < 1.29 is 0 Å². The van der Waals surface area contributed by atoms with Gasteiger partial charge in [-0.05, 0) is 54.3 Å². The molecular weight excluding hydrogens is 278 g/mol. The molecule has 0 aliphatic heterocycles. The first-order chi connectivity index (χ1) is 10.4. The predicted molar refractivity (Wildman–Crippen MR) is 89.8 cm³/mol. The van der Waals surface area contributed by atoms with Crippen LogP contribution in [0, 0.1) is 0 Å². The SMILES string of the molecule is CCCNCc1cnccc1N(Cc1ccsc1)C1CC1. The maximum atomic E-state index is 4.32. The van der Waals surface area contributed by atoms with Crippen molar-refractivity contribution in [2.75, 3.05) is 11.4 Å². The van der Waals surface area contributed by atoms with Crippen LogP contribution in [0.15, 0.2) is 35.3 Å². The molecule has 2 aromatic rings. The van der Waals surface area contributed by atoms with Gasteiger partial charge in [-0.1, -0.05) is 6.92 Å². The van der Waals surface area contributed by atoms with Gasteiger partial charge in [0.25, 0.3) is 0 Å². The molecule has 0 saturated heterocycles. The van der Waals surface area contributed by atoms with Crippen molar-refractivity contribution >= 4 is 17.0 Å². The topological polar surface area (TPSA) is 28.2 Å². The maximum Gasteiger partial charge on any atom is 0.0448 e. The van der Waals surface area contributed by atoms with Crippen molar-refractivity contribution in [3.63, 3.8) is 0 Å². The zero-order chi connectivity index (χ0) is 14.5. The molecule has 1 aliphatic carbocycles. The van der Waals surface area contributed by atoms with E-state index in [1.807, 2.05) is 12.4 Å². The lowest BCUT2D eigenvalue weighted by Gasteiger charge is -2.26. The third-order valence-electron chi connectivity index (χ3n) is 3.85. The van der Waals surface area contributed by atoms with Crippen LogP contribution in [0.3, 0.4) is 0 Å². The molecule has 1 fully saturated rings. The molecule has 4 heteroatoms. The fourth-order valence-corrected chi connectivity index (χ4v) is 3.27. The molecule has 3 rings (SSSR count). The summed E-state index contributed by atoms with van der Waals surface area (Å²) >= 11 is 1.78. The van der Waals surface area contributed by atoms with Gasteiger partial charge in [0.05, 0.1) is 0 Å². The van der Waals surface area contributed by atoms with Gasteiger partial charge in [0, 0.05) is 42.8 Å². The zero-order valence-electron chi connectivity index (χ0n) is 12.6. The van der Waals surface area contributed by atoms with Crippen molar-refractivity contribution in [1.29, 1.82) is 0 Å². The van der Waals surface area contributed by atoms with Gasteiger partial charge in [-0.25, -0.2) is 0 Å². The molecule has 0 spiro atoms. The smallest absolute Gasteiger partial charge is 0.0448 e. The highest BCUT2D eigenvalue weighted by Gasteiger charge is 2.30. The highest BCUT2D eigenvalue weighted by Crippen LogP contribution is 2.34. The summed E-state index contributed by atoms with van der Waals surface area (Å²) in [4.78, 5) is 6.88. The molecule has 1 N–H and O–H groups in total. The zero-order valence-corrected chi connectivity index (χ0v) is 13.4. The first kappa shape index (κ1) is 14.5. The van der Waals surface area contributed by atoms with Gasteiger partial charge in [0.2, 0.25) is 0 Å².